The van der Waals surface area contributed by atoms with E-state index in [2.05, 4.69) is 55.1 Å². The molecule has 1 aliphatic heterocycles. The van der Waals surface area contributed by atoms with Gasteiger partial charge in [0.25, 0.3) is 5.91 Å². The van der Waals surface area contributed by atoms with Gasteiger partial charge in [-0.15, -0.1) is 5.10 Å². The molecule has 4 rings (SSSR count). The number of aromatic nitrogens is 5. The molecular weight excluding hydrogens is 386 g/mol. The topological polar surface area (TPSA) is 80.0 Å². The van der Waals surface area contributed by atoms with E-state index in [0.717, 1.165) is 36.7 Å². The van der Waals surface area contributed by atoms with Crippen molar-refractivity contribution in [3.05, 3.63) is 58.2 Å². The van der Waals surface area contributed by atoms with Crippen LogP contribution in [0.4, 0.5) is 0 Å². The Morgan fingerprint density at radius 1 is 1.07 bits per heavy atom. The summed E-state index contributed by atoms with van der Waals surface area (Å²) in [5, 5.41) is 8.33. The van der Waals surface area contributed by atoms with Crippen molar-refractivity contribution in [2.45, 2.75) is 33.9 Å². The molecule has 9 heteroatoms. The van der Waals surface area contributed by atoms with Crippen LogP contribution < -0.4 is 0 Å². The molecule has 0 N–H and O–H groups in total. The van der Waals surface area contributed by atoms with E-state index in [9.17, 15) is 4.79 Å². The maximum absolute atomic E-state index is 13.0. The van der Waals surface area contributed by atoms with Crippen LogP contribution in [0.1, 0.15) is 38.7 Å². The minimum absolute atomic E-state index is 0.0444. The number of hydrogen-bond donors (Lipinski definition) is 0. The molecule has 1 saturated heterocycles. The number of rotatable bonds is 5. The van der Waals surface area contributed by atoms with Crippen LogP contribution >= 0.6 is 11.7 Å². The number of nitrogens with zero attached hydrogens (tertiary/aromatic N) is 7. The molecule has 0 bridgehead atoms. The SMILES string of the molecule is Cc1cccc(CN2CCN(C(=O)c3nnn(Cc4nsnc4C)c3C)CC2)c1. The minimum Gasteiger partial charge on any atom is -0.335 e. The molecule has 1 fully saturated rings. The third-order valence-electron chi connectivity index (χ3n) is 5.38. The average molecular weight is 412 g/mol. The van der Waals surface area contributed by atoms with Crippen molar-refractivity contribution >= 4 is 17.6 Å². The number of benzene rings is 1. The van der Waals surface area contributed by atoms with Crippen LogP contribution in [0.3, 0.4) is 0 Å². The van der Waals surface area contributed by atoms with Crippen molar-refractivity contribution in [1.29, 1.82) is 0 Å². The van der Waals surface area contributed by atoms with Crippen molar-refractivity contribution in [2.24, 2.45) is 0 Å². The zero-order valence-electron chi connectivity index (χ0n) is 17.0. The van der Waals surface area contributed by atoms with E-state index < -0.39 is 0 Å². The monoisotopic (exact) mass is 411 g/mol. The van der Waals surface area contributed by atoms with Gasteiger partial charge < -0.3 is 4.90 Å². The van der Waals surface area contributed by atoms with Gasteiger partial charge in [0, 0.05) is 32.7 Å². The van der Waals surface area contributed by atoms with Gasteiger partial charge >= 0.3 is 0 Å². The molecular formula is C20H25N7OS. The van der Waals surface area contributed by atoms with Crippen LogP contribution in [0.2, 0.25) is 0 Å². The Labute approximate surface area is 174 Å². The molecule has 8 nitrogen and oxygen atoms in total. The van der Waals surface area contributed by atoms with Gasteiger partial charge in [0.05, 0.1) is 35.4 Å². The van der Waals surface area contributed by atoms with Gasteiger partial charge in [0.15, 0.2) is 5.69 Å². The molecule has 29 heavy (non-hydrogen) atoms. The van der Waals surface area contributed by atoms with E-state index in [4.69, 9.17) is 0 Å². The van der Waals surface area contributed by atoms with E-state index in [1.807, 2.05) is 18.7 Å². The van der Waals surface area contributed by atoms with Crippen molar-refractivity contribution in [2.75, 3.05) is 26.2 Å². The van der Waals surface area contributed by atoms with Gasteiger partial charge in [-0.3, -0.25) is 9.69 Å². The summed E-state index contributed by atoms with van der Waals surface area (Å²) in [6.45, 7) is 10.4. The number of hydrogen-bond acceptors (Lipinski definition) is 7. The van der Waals surface area contributed by atoms with Crippen LogP contribution in [0.5, 0.6) is 0 Å². The number of piperazine rings is 1. The number of aryl methyl sites for hydroxylation is 2. The molecule has 1 aromatic carbocycles. The van der Waals surface area contributed by atoms with E-state index in [1.54, 1.807) is 4.68 Å². The standard InChI is InChI=1S/C20H25N7OS/c1-14-5-4-6-17(11-14)12-25-7-9-26(10-8-25)20(28)19-16(3)27(24-21-19)13-18-15(2)22-29-23-18/h4-6,11H,7-10,12-13H2,1-3H3. The molecule has 3 aromatic rings. The summed E-state index contributed by atoms with van der Waals surface area (Å²) in [6, 6.07) is 8.59. The summed E-state index contributed by atoms with van der Waals surface area (Å²) in [6.07, 6.45) is 0. The number of carbonyl (C=O) groups is 1. The lowest BCUT2D eigenvalue weighted by Crippen LogP contribution is -2.48. The molecule has 2 aromatic heterocycles. The molecule has 0 saturated carbocycles. The Balaban J connectivity index is 1.37. The zero-order chi connectivity index (χ0) is 20.4. The van der Waals surface area contributed by atoms with E-state index in [-0.39, 0.29) is 5.91 Å². The highest BCUT2D eigenvalue weighted by Gasteiger charge is 2.26. The molecule has 3 heterocycles. The second-order valence-corrected chi connectivity index (χ2v) is 8.06. The number of carbonyl (C=O) groups excluding carboxylic acids is 1. The maximum Gasteiger partial charge on any atom is 0.276 e. The van der Waals surface area contributed by atoms with E-state index in [0.29, 0.717) is 25.3 Å². The largest absolute Gasteiger partial charge is 0.335 e. The minimum atomic E-state index is -0.0444. The summed E-state index contributed by atoms with van der Waals surface area (Å²) < 4.78 is 10.2. The molecule has 0 unspecified atom stereocenters. The summed E-state index contributed by atoms with van der Waals surface area (Å²) in [5.74, 6) is -0.0444. The van der Waals surface area contributed by atoms with Gasteiger partial charge in [-0.25, -0.2) is 4.68 Å². The first kappa shape index (κ1) is 19.7. The molecule has 0 atom stereocenters. The summed E-state index contributed by atoms with van der Waals surface area (Å²) in [7, 11) is 0. The Morgan fingerprint density at radius 2 is 1.86 bits per heavy atom. The smallest absolute Gasteiger partial charge is 0.276 e. The van der Waals surface area contributed by atoms with Gasteiger partial charge in [0.2, 0.25) is 0 Å². The highest BCUT2D eigenvalue weighted by atomic mass is 32.1. The quantitative estimate of drug-likeness (QED) is 0.639. The first-order valence-electron chi connectivity index (χ1n) is 9.76. The highest BCUT2D eigenvalue weighted by molar-refractivity contribution is 6.99. The molecule has 0 radical (unpaired) electrons. The van der Waals surface area contributed by atoms with Gasteiger partial charge in [0.1, 0.15) is 0 Å². The van der Waals surface area contributed by atoms with Crippen LogP contribution in [-0.4, -0.2) is 65.6 Å². The summed E-state index contributed by atoms with van der Waals surface area (Å²) in [4.78, 5) is 17.2. The van der Waals surface area contributed by atoms with Crippen molar-refractivity contribution < 1.29 is 4.79 Å². The Morgan fingerprint density at radius 3 is 2.55 bits per heavy atom. The highest BCUT2D eigenvalue weighted by Crippen LogP contribution is 2.15. The number of amides is 1. The second-order valence-electron chi connectivity index (χ2n) is 7.53. The van der Waals surface area contributed by atoms with Crippen LogP contribution in [0.25, 0.3) is 0 Å². The Kier molecular flexibility index (Phi) is 5.68. The Hall–Kier alpha value is -2.65. The molecule has 0 aliphatic carbocycles. The lowest BCUT2D eigenvalue weighted by atomic mass is 10.1. The van der Waals surface area contributed by atoms with Crippen molar-refractivity contribution in [1.82, 2.24) is 33.5 Å². The summed E-state index contributed by atoms with van der Waals surface area (Å²) in [5.41, 5.74) is 5.55. The fourth-order valence-electron chi connectivity index (χ4n) is 3.57. The zero-order valence-corrected chi connectivity index (χ0v) is 17.8. The maximum atomic E-state index is 13.0. The van der Waals surface area contributed by atoms with Gasteiger partial charge in [-0.2, -0.15) is 8.75 Å². The fraction of sp³-hybridized carbons (Fsp3) is 0.450. The molecule has 152 valence electrons. The first-order chi connectivity index (χ1) is 14.0. The Bertz CT molecular complexity index is 1000. The molecule has 0 spiro atoms. The van der Waals surface area contributed by atoms with Crippen LogP contribution in [-0.2, 0) is 13.1 Å². The van der Waals surface area contributed by atoms with Gasteiger partial charge in [-0.05, 0) is 26.3 Å². The summed E-state index contributed by atoms with van der Waals surface area (Å²) >= 11 is 1.19. The second kappa shape index (κ2) is 8.38. The van der Waals surface area contributed by atoms with E-state index >= 15 is 0 Å². The predicted octanol–water partition coefficient (Wildman–Crippen LogP) is 2.06. The third-order valence-corrected chi connectivity index (χ3v) is 6.04. The van der Waals surface area contributed by atoms with Crippen molar-refractivity contribution in [3.8, 4) is 0 Å². The predicted molar refractivity (Wildman–Crippen MR) is 111 cm³/mol. The average Bonchev–Trinajstić information content (AvgIpc) is 3.28. The van der Waals surface area contributed by atoms with E-state index in [1.165, 1.54) is 22.9 Å². The van der Waals surface area contributed by atoms with Gasteiger partial charge in [-0.1, -0.05) is 35.0 Å². The molecule has 1 aliphatic rings. The molecule has 1 amide bonds. The lowest BCUT2D eigenvalue weighted by molar-refractivity contribution is 0.0622. The fourth-order valence-corrected chi connectivity index (χ4v) is 4.13. The van der Waals surface area contributed by atoms with Crippen LogP contribution in [0, 0.1) is 20.8 Å². The third kappa shape index (κ3) is 4.35. The normalized spacial score (nSPS) is 15.1. The van der Waals surface area contributed by atoms with Crippen molar-refractivity contribution in [3.63, 3.8) is 0 Å². The van der Waals surface area contributed by atoms with Crippen LogP contribution in [0.15, 0.2) is 24.3 Å². The lowest BCUT2D eigenvalue weighted by Gasteiger charge is -2.34. The first-order valence-corrected chi connectivity index (χ1v) is 10.5.